The van der Waals surface area contributed by atoms with E-state index in [4.69, 9.17) is 0 Å². The van der Waals surface area contributed by atoms with Crippen molar-refractivity contribution in [1.82, 2.24) is 14.9 Å². The molecule has 0 aromatic carbocycles. The number of imidazole rings is 1. The summed E-state index contributed by atoms with van der Waals surface area (Å²) in [6, 6.07) is 2.91. The zero-order chi connectivity index (χ0) is 10.8. The number of thiophene rings is 1. The van der Waals surface area contributed by atoms with Crippen LogP contribution in [0.15, 0.2) is 29.4 Å². The van der Waals surface area contributed by atoms with Crippen molar-refractivity contribution in [3.05, 3.63) is 40.6 Å². The Balaban J connectivity index is 1.58. The summed E-state index contributed by atoms with van der Waals surface area (Å²) in [5.41, 5.74) is 2.49. The first-order valence-electron chi connectivity index (χ1n) is 5.65. The molecule has 4 heteroatoms. The second-order valence-electron chi connectivity index (χ2n) is 4.32. The van der Waals surface area contributed by atoms with Crippen LogP contribution in [-0.2, 0) is 13.1 Å². The predicted octanol–water partition coefficient (Wildman–Crippen LogP) is 2.24. The van der Waals surface area contributed by atoms with Crippen molar-refractivity contribution in [3.63, 3.8) is 0 Å². The molecule has 3 nitrogen and oxygen atoms in total. The van der Waals surface area contributed by atoms with Gasteiger partial charge in [0.25, 0.3) is 0 Å². The third-order valence-electron chi connectivity index (χ3n) is 2.78. The van der Waals surface area contributed by atoms with Gasteiger partial charge in [0.1, 0.15) is 0 Å². The molecule has 0 saturated heterocycles. The summed E-state index contributed by atoms with van der Waals surface area (Å²) < 4.78 is 2.14. The highest BCUT2D eigenvalue weighted by Crippen LogP contribution is 2.19. The van der Waals surface area contributed by atoms with Gasteiger partial charge in [-0.3, -0.25) is 0 Å². The highest BCUT2D eigenvalue weighted by molar-refractivity contribution is 7.07. The summed E-state index contributed by atoms with van der Waals surface area (Å²) >= 11 is 1.74. The minimum absolute atomic E-state index is 0.752. The largest absolute Gasteiger partial charge is 0.333 e. The molecule has 0 unspecified atom stereocenters. The van der Waals surface area contributed by atoms with Crippen LogP contribution in [-0.4, -0.2) is 15.6 Å². The molecule has 2 heterocycles. The molecule has 0 radical (unpaired) electrons. The van der Waals surface area contributed by atoms with E-state index in [0.717, 1.165) is 24.8 Å². The van der Waals surface area contributed by atoms with Gasteiger partial charge in [0.2, 0.25) is 0 Å². The lowest BCUT2D eigenvalue weighted by Crippen LogP contribution is -2.15. The average molecular weight is 233 g/mol. The lowest BCUT2D eigenvalue weighted by atomic mass is 10.3. The maximum Gasteiger partial charge on any atom is 0.0953 e. The van der Waals surface area contributed by atoms with Crippen LogP contribution >= 0.6 is 11.3 Å². The fraction of sp³-hybridized carbons (Fsp3) is 0.417. The van der Waals surface area contributed by atoms with Gasteiger partial charge in [0, 0.05) is 25.3 Å². The zero-order valence-electron chi connectivity index (χ0n) is 9.10. The number of hydrogen-bond acceptors (Lipinski definition) is 3. The highest BCUT2D eigenvalue weighted by atomic mass is 32.1. The summed E-state index contributed by atoms with van der Waals surface area (Å²) in [7, 11) is 0. The second-order valence-corrected chi connectivity index (χ2v) is 5.10. The smallest absolute Gasteiger partial charge is 0.0953 e. The standard InChI is InChI=1S/C12H15N3S/c1-2-11(1)13-5-12-7-15(9-14-12)6-10-3-4-16-8-10/h3-4,7-9,11,13H,1-2,5-6H2. The van der Waals surface area contributed by atoms with E-state index in [9.17, 15) is 0 Å². The van der Waals surface area contributed by atoms with E-state index < -0.39 is 0 Å². The minimum atomic E-state index is 0.752. The molecule has 0 aliphatic heterocycles. The molecule has 1 saturated carbocycles. The van der Waals surface area contributed by atoms with E-state index in [-0.39, 0.29) is 0 Å². The van der Waals surface area contributed by atoms with Gasteiger partial charge < -0.3 is 9.88 Å². The monoisotopic (exact) mass is 233 g/mol. The number of aromatic nitrogens is 2. The number of nitrogens with one attached hydrogen (secondary N) is 1. The molecule has 16 heavy (non-hydrogen) atoms. The van der Waals surface area contributed by atoms with Crippen LogP contribution < -0.4 is 5.32 Å². The minimum Gasteiger partial charge on any atom is -0.333 e. The first-order valence-corrected chi connectivity index (χ1v) is 6.59. The zero-order valence-corrected chi connectivity index (χ0v) is 9.91. The molecule has 1 aliphatic rings. The Bertz CT molecular complexity index is 443. The molecule has 1 fully saturated rings. The lowest BCUT2D eigenvalue weighted by Gasteiger charge is -1.99. The Morgan fingerprint density at radius 3 is 3.19 bits per heavy atom. The van der Waals surface area contributed by atoms with Gasteiger partial charge in [-0.2, -0.15) is 11.3 Å². The maximum atomic E-state index is 4.40. The molecule has 84 valence electrons. The van der Waals surface area contributed by atoms with Gasteiger partial charge in [0.05, 0.1) is 12.0 Å². The lowest BCUT2D eigenvalue weighted by molar-refractivity contribution is 0.676. The maximum absolute atomic E-state index is 4.40. The van der Waals surface area contributed by atoms with E-state index in [1.807, 2.05) is 6.33 Å². The van der Waals surface area contributed by atoms with Crippen molar-refractivity contribution in [2.45, 2.75) is 32.0 Å². The van der Waals surface area contributed by atoms with Crippen LogP contribution in [0.2, 0.25) is 0 Å². The molecule has 0 amide bonds. The van der Waals surface area contributed by atoms with Gasteiger partial charge >= 0.3 is 0 Å². The van der Waals surface area contributed by atoms with Crippen LogP contribution in [0.5, 0.6) is 0 Å². The Hall–Kier alpha value is -1.13. The quantitative estimate of drug-likeness (QED) is 0.858. The Morgan fingerprint density at radius 1 is 1.50 bits per heavy atom. The molecular weight excluding hydrogens is 218 g/mol. The van der Waals surface area contributed by atoms with Gasteiger partial charge in [-0.05, 0) is 35.2 Å². The fourth-order valence-electron chi connectivity index (χ4n) is 1.71. The van der Waals surface area contributed by atoms with E-state index in [1.165, 1.54) is 18.4 Å². The van der Waals surface area contributed by atoms with Gasteiger partial charge in [-0.1, -0.05) is 0 Å². The normalized spacial score (nSPS) is 15.5. The SMILES string of the molecule is c1cc(Cn2cnc(CNC3CC3)c2)cs1. The molecular formula is C12H15N3S. The van der Waals surface area contributed by atoms with Gasteiger partial charge in [-0.15, -0.1) is 0 Å². The summed E-state index contributed by atoms with van der Waals surface area (Å²) in [4.78, 5) is 4.40. The van der Waals surface area contributed by atoms with E-state index in [1.54, 1.807) is 11.3 Å². The Labute approximate surface area is 99.1 Å². The fourth-order valence-corrected chi connectivity index (χ4v) is 2.37. The van der Waals surface area contributed by atoms with Crippen molar-refractivity contribution < 1.29 is 0 Å². The number of rotatable bonds is 5. The molecule has 2 aromatic heterocycles. The predicted molar refractivity (Wildman–Crippen MR) is 65.5 cm³/mol. The molecule has 2 aromatic rings. The third-order valence-corrected chi connectivity index (χ3v) is 3.51. The van der Waals surface area contributed by atoms with E-state index in [0.29, 0.717) is 0 Å². The summed E-state index contributed by atoms with van der Waals surface area (Å²) in [6.45, 7) is 1.83. The van der Waals surface area contributed by atoms with E-state index >= 15 is 0 Å². The van der Waals surface area contributed by atoms with E-state index in [2.05, 4.69) is 37.9 Å². The number of hydrogen-bond donors (Lipinski definition) is 1. The molecule has 0 bridgehead atoms. The van der Waals surface area contributed by atoms with Crippen LogP contribution in [0.25, 0.3) is 0 Å². The highest BCUT2D eigenvalue weighted by Gasteiger charge is 2.20. The van der Waals surface area contributed by atoms with Gasteiger partial charge in [0.15, 0.2) is 0 Å². The molecule has 1 aliphatic carbocycles. The first kappa shape index (κ1) is 10.1. The third kappa shape index (κ3) is 2.51. The van der Waals surface area contributed by atoms with Crippen molar-refractivity contribution in [2.75, 3.05) is 0 Å². The number of nitrogens with zero attached hydrogens (tertiary/aromatic N) is 2. The van der Waals surface area contributed by atoms with Crippen molar-refractivity contribution in [1.29, 1.82) is 0 Å². The first-order chi connectivity index (χ1) is 7.90. The molecule has 1 N–H and O–H groups in total. The van der Waals surface area contributed by atoms with Crippen molar-refractivity contribution in [3.8, 4) is 0 Å². The van der Waals surface area contributed by atoms with Crippen LogP contribution in [0.4, 0.5) is 0 Å². The van der Waals surface area contributed by atoms with Crippen LogP contribution in [0, 0.1) is 0 Å². The molecule has 0 atom stereocenters. The summed E-state index contributed by atoms with van der Waals surface area (Å²) in [5.74, 6) is 0. The average Bonchev–Trinajstić information content (AvgIpc) is 2.78. The van der Waals surface area contributed by atoms with Crippen LogP contribution in [0.1, 0.15) is 24.1 Å². The van der Waals surface area contributed by atoms with Crippen LogP contribution in [0.3, 0.4) is 0 Å². The Morgan fingerprint density at radius 2 is 2.44 bits per heavy atom. The topological polar surface area (TPSA) is 29.9 Å². The van der Waals surface area contributed by atoms with Gasteiger partial charge in [-0.25, -0.2) is 4.98 Å². The molecule has 3 rings (SSSR count). The summed E-state index contributed by atoms with van der Waals surface area (Å²) in [5, 5.41) is 7.77. The second kappa shape index (κ2) is 4.39. The Kier molecular flexibility index (Phi) is 2.76. The molecule has 0 spiro atoms. The van der Waals surface area contributed by atoms with Crippen molar-refractivity contribution in [2.24, 2.45) is 0 Å². The summed E-state index contributed by atoms with van der Waals surface area (Å²) in [6.07, 6.45) is 6.71. The van der Waals surface area contributed by atoms with Crippen molar-refractivity contribution >= 4 is 11.3 Å².